The highest BCUT2D eigenvalue weighted by Gasteiger charge is 2.27. The maximum Gasteiger partial charge on any atom is 0.281 e. The van der Waals surface area contributed by atoms with Crippen LogP contribution in [0.25, 0.3) is 0 Å². The van der Waals surface area contributed by atoms with E-state index in [1.54, 1.807) is 30.0 Å². The van der Waals surface area contributed by atoms with E-state index in [1.165, 1.54) is 0 Å². The number of carbonyl (C=O) groups is 1. The molecule has 0 unspecified atom stereocenters. The molecule has 1 aromatic carbocycles. The van der Waals surface area contributed by atoms with Crippen LogP contribution in [0.1, 0.15) is 21.8 Å². The normalized spacial score (nSPS) is 14.5. The minimum Gasteiger partial charge on any atom is -0.361 e. The van der Waals surface area contributed by atoms with E-state index < -0.39 is 0 Å². The number of halogens is 1. The molecule has 0 saturated carbocycles. The molecule has 2 heterocycles. The Kier molecular flexibility index (Phi) is 3.28. The summed E-state index contributed by atoms with van der Waals surface area (Å²) in [5, 5.41) is 4.37. The summed E-state index contributed by atoms with van der Waals surface area (Å²) < 4.78 is 4.95. The zero-order chi connectivity index (χ0) is 14.1. The maximum absolute atomic E-state index is 12.4. The second-order valence-electron chi connectivity index (χ2n) is 4.50. The maximum atomic E-state index is 12.4. The van der Waals surface area contributed by atoms with Gasteiger partial charge in [-0.1, -0.05) is 28.9 Å². The van der Waals surface area contributed by atoms with Gasteiger partial charge in [-0.25, -0.2) is 0 Å². The van der Waals surface area contributed by atoms with Crippen LogP contribution < -0.4 is 0 Å². The van der Waals surface area contributed by atoms with Crippen LogP contribution >= 0.6 is 11.6 Å². The summed E-state index contributed by atoms with van der Waals surface area (Å²) in [6.07, 6.45) is 0. The van der Waals surface area contributed by atoms with E-state index in [4.69, 9.17) is 16.1 Å². The van der Waals surface area contributed by atoms with E-state index in [0.717, 1.165) is 5.56 Å². The van der Waals surface area contributed by atoms with Crippen LogP contribution in [-0.2, 0) is 0 Å². The zero-order valence-electron chi connectivity index (χ0n) is 10.8. The minimum absolute atomic E-state index is 0.210. The number of rotatable bonds is 2. The Balaban J connectivity index is 1.91. The molecule has 5 nitrogen and oxygen atoms in total. The standard InChI is InChI=1S/C14H12ClN3O2/c1-9-7-12(17-20-9)14(19)18-6-5-16-13(18)10-3-2-4-11(15)8-10/h2-4,7-8H,5-6H2,1H3. The summed E-state index contributed by atoms with van der Waals surface area (Å²) in [4.78, 5) is 18.4. The highest BCUT2D eigenvalue weighted by Crippen LogP contribution is 2.18. The lowest BCUT2D eigenvalue weighted by Gasteiger charge is -2.17. The van der Waals surface area contributed by atoms with Crippen molar-refractivity contribution in [1.82, 2.24) is 10.1 Å². The number of aryl methyl sites for hydroxylation is 1. The summed E-state index contributed by atoms with van der Waals surface area (Å²) in [5.41, 5.74) is 1.11. The molecule has 1 aliphatic rings. The van der Waals surface area contributed by atoms with Crippen molar-refractivity contribution in [3.8, 4) is 0 Å². The second kappa shape index (κ2) is 5.09. The molecule has 0 radical (unpaired) electrons. The first-order valence-electron chi connectivity index (χ1n) is 6.21. The Morgan fingerprint density at radius 2 is 2.25 bits per heavy atom. The number of nitrogens with zero attached hydrogens (tertiary/aromatic N) is 3. The van der Waals surface area contributed by atoms with Crippen LogP contribution in [0, 0.1) is 6.92 Å². The first-order valence-corrected chi connectivity index (χ1v) is 6.58. The van der Waals surface area contributed by atoms with Crippen molar-refractivity contribution in [2.45, 2.75) is 6.92 Å². The first-order chi connectivity index (χ1) is 9.65. The molecule has 0 saturated heterocycles. The van der Waals surface area contributed by atoms with Crippen molar-refractivity contribution < 1.29 is 9.32 Å². The third-order valence-corrected chi connectivity index (χ3v) is 3.25. The minimum atomic E-state index is -0.210. The van der Waals surface area contributed by atoms with Gasteiger partial charge in [0.05, 0.1) is 6.54 Å². The van der Waals surface area contributed by atoms with Gasteiger partial charge < -0.3 is 4.52 Å². The van der Waals surface area contributed by atoms with Crippen LogP contribution in [-0.4, -0.2) is 34.9 Å². The van der Waals surface area contributed by atoms with Gasteiger partial charge in [-0.2, -0.15) is 0 Å². The third kappa shape index (κ3) is 2.32. The topological polar surface area (TPSA) is 58.7 Å². The molecule has 1 aromatic heterocycles. The highest BCUT2D eigenvalue weighted by atomic mass is 35.5. The lowest BCUT2D eigenvalue weighted by atomic mass is 10.2. The summed E-state index contributed by atoms with van der Waals surface area (Å²) in [6, 6.07) is 8.91. The van der Waals surface area contributed by atoms with E-state index in [0.29, 0.717) is 35.4 Å². The van der Waals surface area contributed by atoms with Crippen molar-refractivity contribution in [3.63, 3.8) is 0 Å². The van der Waals surface area contributed by atoms with Gasteiger partial charge in [0.2, 0.25) is 0 Å². The van der Waals surface area contributed by atoms with Gasteiger partial charge >= 0.3 is 0 Å². The fourth-order valence-electron chi connectivity index (χ4n) is 2.13. The van der Waals surface area contributed by atoms with E-state index in [9.17, 15) is 4.79 Å². The van der Waals surface area contributed by atoms with Crippen molar-refractivity contribution >= 4 is 23.3 Å². The molecule has 102 valence electrons. The average molecular weight is 290 g/mol. The molecule has 0 atom stereocenters. The second-order valence-corrected chi connectivity index (χ2v) is 4.93. The van der Waals surface area contributed by atoms with E-state index in [-0.39, 0.29) is 5.91 Å². The summed E-state index contributed by atoms with van der Waals surface area (Å²) >= 11 is 5.99. The Morgan fingerprint density at radius 1 is 1.40 bits per heavy atom. The van der Waals surface area contributed by atoms with Gasteiger partial charge in [0, 0.05) is 23.2 Å². The van der Waals surface area contributed by atoms with Gasteiger partial charge in [-0.05, 0) is 19.1 Å². The van der Waals surface area contributed by atoms with Gasteiger partial charge in [0.15, 0.2) is 5.69 Å². The summed E-state index contributed by atoms with van der Waals surface area (Å²) in [6.45, 7) is 2.86. The number of amides is 1. The molecule has 3 rings (SSSR count). The SMILES string of the molecule is Cc1cc(C(=O)N2CCN=C2c2cccc(Cl)c2)no1. The smallest absolute Gasteiger partial charge is 0.281 e. The molecule has 1 aliphatic heterocycles. The number of carbonyl (C=O) groups excluding carboxylic acids is 1. The molecule has 0 fully saturated rings. The predicted octanol–water partition coefficient (Wildman–Crippen LogP) is 2.54. The third-order valence-electron chi connectivity index (χ3n) is 3.02. The van der Waals surface area contributed by atoms with Crippen LogP contribution in [0.5, 0.6) is 0 Å². The largest absolute Gasteiger partial charge is 0.361 e. The van der Waals surface area contributed by atoms with Crippen molar-refractivity contribution in [1.29, 1.82) is 0 Å². The van der Waals surface area contributed by atoms with Crippen molar-refractivity contribution in [2.24, 2.45) is 4.99 Å². The number of benzene rings is 1. The molecule has 0 spiro atoms. The van der Waals surface area contributed by atoms with Crippen molar-refractivity contribution in [3.05, 3.63) is 52.4 Å². The molecule has 0 N–H and O–H groups in total. The lowest BCUT2D eigenvalue weighted by Crippen LogP contribution is -2.35. The van der Waals surface area contributed by atoms with Crippen LogP contribution in [0.2, 0.25) is 5.02 Å². The van der Waals surface area contributed by atoms with Gasteiger partial charge in [0.1, 0.15) is 11.6 Å². The van der Waals surface area contributed by atoms with E-state index in [2.05, 4.69) is 10.1 Å². The van der Waals surface area contributed by atoms with Crippen LogP contribution in [0.15, 0.2) is 39.8 Å². The summed E-state index contributed by atoms with van der Waals surface area (Å²) in [7, 11) is 0. The fourth-order valence-corrected chi connectivity index (χ4v) is 2.32. The molecule has 6 heteroatoms. The Hall–Kier alpha value is -2.14. The molecule has 20 heavy (non-hydrogen) atoms. The number of hydrogen-bond donors (Lipinski definition) is 0. The monoisotopic (exact) mass is 289 g/mol. The average Bonchev–Trinajstić information content (AvgIpc) is 3.06. The first kappa shape index (κ1) is 12.9. The quantitative estimate of drug-likeness (QED) is 0.853. The zero-order valence-corrected chi connectivity index (χ0v) is 11.6. The van der Waals surface area contributed by atoms with Crippen LogP contribution in [0.4, 0.5) is 0 Å². The molecular formula is C14H12ClN3O2. The molecule has 1 amide bonds. The number of aliphatic imine (C=N–C) groups is 1. The van der Waals surface area contributed by atoms with Crippen molar-refractivity contribution in [2.75, 3.05) is 13.1 Å². The lowest BCUT2D eigenvalue weighted by molar-refractivity contribution is 0.0848. The summed E-state index contributed by atoms with van der Waals surface area (Å²) in [5.74, 6) is 1.02. The number of aromatic nitrogens is 1. The van der Waals surface area contributed by atoms with Gasteiger partial charge in [0.25, 0.3) is 5.91 Å². The van der Waals surface area contributed by atoms with Crippen LogP contribution in [0.3, 0.4) is 0 Å². The Bertz CT molecular complexity index is 693. The molecule has 0 bridgehead atoms. The van der Waals surface area contributed by atoms with Gasteiger partial charge in [-0.15, -0.1) is 0 Å². The fraction of sp³-hybridized carbons (Fsp3) is 0.214. The Labute approximate surface area is 120 Å². The number of hydrogen-bond acceptors (Lipinski definition) is 4. The van der Waals surface area contributed by atoms with Gasteiger partial charge in [-0.3, -0.25) is 14.7 Å². The predicted molar refractivity (Wildman–Crippen MR) is 75.1 cm³/mol. The van der Waals surface area contributed by atoms with E-state index in [1.807, 2.05) is 12.1 Å². The molecular weight excluding hydrogens is 278 g/mol. The number of amidine groups is 1. The Morgan fingerprint density at radius 3 is 2.95 bits per heavy atom. The highest BCUT2D eigenvalue weighted by molar-refractivity contribution is 6.31. The molecule has 2 aromatic rings. The van der Waals surface area contributed by atoms with E-state index >= 15 is 0 Å². The molecule has 0 aliphatic carbocycles.